The van der Waals surface area contributed by atoms with Crippen LogP contribution < -0.4 is 0 Å². The van der Waals surface area contributed by atoms with Crippen molar-refractivity contribution in [2.24, 2.45) is 0 Å². The van der Waals surface area contributed by atoms with Gasteiger partial charge in [-0.05, 0) is 83.5 Å². The van der Waals surface area contributed by atoms with E-state index in [0.717, 1.165) is 57.8 Å². The highest BCUT2D eigenvalue weighted by molar-refractivity contribution is 5.79. The van der Waals surface area contributed by atoms with E-state index in [4.69, 9.17) is 14.6 Å². The predicted octanol–water partition coefficient (Wildman–Crippen LogP) is 12.3. The van der Waals surface area contributed by atoms with Crippen molar-refractivity contribution < 1.29 is 29.0 Å². The molecule has 0 aromatic carbocycles. The molecule has 0 saturated heterocycles. The Labute approximate surface area is 294 Å². The summed E-state index contributed by atoms with van der Waals surface area (Å²) >= 11 is 0. The molecule has 0 bridgehead atoms. The van der Waals surface area contributed by atoms with Gasteiger partial charge in [-0.25, -0.2) is 4.79 Å². The zero-order valence-electron chi connectivity index (χ0n) is 31.0. The lowest BCUT2D eigenvalue weighted by Crippen LogP contribution is -2.23. The molecule has 48 heavy (non-hydrogen) atoms. The molecule has 0 aliphatic carbocycles. The zero-order chi connectivity index (χ0) is 35.2. The summed E-state index contributed by atoms with van der Waals surface area (Å²) in [7, 11) is 0. The summed E-state index contributed by atoms with van der Waals surface area (Å²) in [5.41, 5.74) is 0. The van der Waals surface area contributed by atoms with Gasteiger partial charge in [0.15, 0.2) is 6.61 Å². The third-order valence-electron chi connectivity index (χ3n) is 8.42. The standard InChI is InChI=1S/C42H72O6/c1-3-5-7-9-11-13-15-17-19-21-23-25-27-29-31-33-35-39(48-42(46)38-47-41(45)37-36-40(43)44)34-32-30-28-26-24-22-20-18-16-14-12-10-8-6-4-2/h11-14,16-19,39H,3-10,15,20-38H2,1-2H3,(H,43,44)/b13-11-,14-12+,18-16-,19-17-. The lowest BCUT2D eigenvalue weighted by Gasteiger charge is -2.18. The van der Waals surface area contributed by atoms with Gasteiger partial charge in [-0.3, -0.25) is 9.59 Å². The van der Waals surface area contributed by atoms with Crippen LogP contribution in [0.1, 0.15) is 187 Å². The zero-order valence-corrected chi connectivity index (χ0v) is 31.0. The Morgan fingerprint density at radius 3 is 1.44 bits per heavy atom. The van der Waals surface area contributed by atoms with E-state index in [-0.39, 0.29) is 18.9 Å². The van der Waals surface area contributed by atoms with Crippen molar-refractivity contribution in [3.8, 4) is 0 Å². The normalized spacial score (nSPS) is 12.5. The van der Waals surface area contributed by atoms with Gasteiger partial charge >= 0.3 is 17.9 Å². The quantitative estimate of drug-likeness (QED) is 0.0312. The Morgan fingerprint density at radius 1 is 0.521 bits per heavy atom. The number of unbranched alkanes of at least 4 members (excludes halogenated alkanes) is 18. The molecule has 0 aliphatic heterocycles. The fraction of sp³-hybridized carbons (Fsp3) is 0.738. The molecule has 1 N–H and O–H groups in total. The number of rotatable bonds is 35. The molecule has 0 fully saturated rings. The third-order valence-corrected chi connectivity index (χ3v) is 8.42. The first-order valence-corrected chi connectivity index (χ1v) is 19.7. The van der Waals surface area contributed by atoms with Gasteiger partial charge in [0.1, 0.15) is 6.10 Å². The number of carboxylic acids is 1. The van der Waals surface area contributed by atoms with Crippen molar-refractivity contribution in [2.45, 2.75) is 193 Å². The first-order valence-electron chi connectivity index (χ1n) is 19.7. The summed E-state index contributed by atoms with van der Waals surface area (Å²) in [6.45, 7) is 4.02. The second-order valence-corrected chi connectivity index (χ2v) is 13.1. The first kappa shape index (κ1) is 45.4. The van der Waals surface area contributed by atoms with Crippen LogP contribution in [-0.4, -0.2) is 35.7 Å². The highest BCUT2D eigenvalue weighted by atomic mass is 16.6. The number of hydrogen-bond donors (Lipinski definition) is 1. The Kier molecular flexibility index (Phi) is 35.2. The van der Waals surface area contributed by atoms with Crippen molar-refractivity contribution >= 4 is 17.9 Å². The SMILES string of the molecule is CCCCC/C=C\C/C=C\CCCCCCCCC(CCCCCCCC/C=C\C=C\CCCCC)OC(=O)COC(=O)CCC(=O)O. The van der Waals surface area contributed by atoms with Crippen molar-refractivity contribution in [2.75, 3.05) is 6.61 Å². The average Bonchev–Trinajstić information content (AvgIpc) is 3.07. The van der Waals surface area contributed by atoms with Crippen LogP contribution >= 0.6 is 0 Å². The summed E-state index contributed by atoms with van der Waals surface area (Å²) in [4.78, 5) is 34.7. The van der Waals surface area contributed by atoms with Crippen molar-refractivity contribution in [1.29, 1.82) is 0 Å². The second-order valence-electron chi connectivity index (χ2n) is 13.1. The number of ether oxygens (including phenoxy) is 2. The van der Waals surface area contributed by atoms with Gasteiger partial charge in [0.25, 0.3) is 0 Å². The van der Waals surface area contributed by atoms with Crippen LogP contribution in [0.3, 0.4) is 0 Å². The summed E-state index contributed by atoms with van der Waals surface area (Å²) in [6.07, 6.45) is 46.5. The summed E-state index contributed by atoms with van der Waals surface area (Å²) in [6, 6.07) is 0. The number of carbonyl (C=O) groups is 3. The molecule has 0 spiro atoms. The highest BCUT2D eigenvalue weighted by Gasteiger charge is 2.16. The average molecular weight is 673 g/mol. The van der Waals surface area contributed by atoms with Crippen LogP contribution in [-0.2, 0) is 23.9 Å². The molecule has 276 valence electrons. The molecular formula is C42H72O6. The lowest BCUT2D eigenvalue weighted by atomic mass is 10.0. The van der Waals surface area contributed by atoms with E-state index in [2.05, 4.69) is 62.5 Å². The molecule has 0 aromatic heterocycles. The van der Waals surface area contributed by atoms with Crippen LogP contribution in [0.25, 0.3) is 0 Å². The summed E-state index contributed by atoms with van der Waals surface area (Å²) < 4.78 is 10.6. The molecule has 0 aliphatic rings. The van der Waals surface area contributed by atoms with E-state index in [1.807, 2.05) is 0 Å². The fourth-order valence-corrected chi connectivity index (χ4v) is 5.47. The maximum absolute atomic E-state index is 12.4. The van der Waals surface area contributed by atoms with Crippen molar-refractivity contribution in [3.05, 3.63) is 48.6 Å². The van der Waals surface area contributed by atoms with Crippen LogP contribution in [0, 0.1) is 0 Å². The molecule has 0 radical (unpaired) electrons. The number of hydrogen-bond acceptors (Lipinski definition) is 5. The number of esters is 2. The van der Waals surface area contributed by atoms with Crippen LogP contribution in [0.15, 0.2) is 48.6 Å². The van der Waals surface area contributed by atoms with E-state index < -0.39 is 24.5 Å². The van der Waals surface area contributed by atoms with Crippen LogP contribution in [0.2, 0.25) is 0 Å². The Hall–Kier alpha value is -2.63. The number of carboxylic acid groups (broad SMARTS) is 1. The molecule has 0 heterocycles. The van der Waals surface area contributed by atoms with Crippen LogP contribution in [0.4, 0.5) is 0 Å². The van der Waals surface area contributed by atoms with Gasteiger partial charge in [0, 0.05) is 0 Å². The largest absolute Gasteiger partial charge is 0.481 e. The monoisotopic (exact) mass is 673 g/mol. The molecule has 0 saturated carbocycles. The maximum Gasteiger partial charge on any atom is 0.344 e. The Morgan fingerprint density at radius 2 is 0.958 bits per heavy atom. The van der Waals surface area contributed by atoms with E-state index >= 15 is 0 Å². The third kappa shape index (κ3) is 36.2. The lowest BCUT2D eigenvalue weighted by molar-refractivity contribution is -0.163. The molecule has 0 rings (SSSR count). The fourth-order valence-electron chi connectivity index (χ4n) is 5.47. The Balaban J connectivity index is 4.21. The van der Waals surface area contributed by atoms with Gasteiger partial charge in [-0.2, -0.15) is 0 Å². The van der Waals surface area contributed by atoms with E-state index in [9.17, 15) is 14.4 Å². The molecule has 1 atom stereocenters. The smallest absolute Gasteiger partial charge is 0.344 e. The minimum atomic E-state index is -1.07. The predicted molar refractivity (Wildman–Crippen MR) is 201 cm³/mol. The van der Waals surface area contributed by atoms with Crippen molar-refractivity contribution in [1.82, 2.24) is 0 Å². The molecule has 0 amide bonds. The molecule has 6 nitrogen and oxygen atoms in total. The van der Waals surface area contributed by atoms with E-state index in [0.29, 0.717) is 0 Å². The number of carbonyl (C=O) groups excluding carboxylic acids is 2. The van der Waals surface area contributed by atoms with Gasteiger partial charge in [-0.15, -0.1) is 0 Å². The number of aliphatic carboxylic acids is 1. The summed E-state index contributed by atoms with van der Waals surface area (Å²) in [5, 5.41) is 8.72. The van der Waals surface area contributed by atoms with E-state index in [1.165, 1.54) is 103 Å². The Bertz CT molecular complexity index is 871. The second kappa shape index (κ2) is 37.2. The van der Waals surface area contributed by atoms with Gasteiger partial charge in [-0.1, -0.05) is 140 Å². The topological polar surface area (TPSA) is 89.9 Å². The highest BCUT2D eigenvalue weighted by Crippen LogP contribution is 2.18. The molecular weight excluding hydrogens is 600 g/mol. The molecule has 6 heteroatoms. The van der Waals surface area contributed by atoms with E-state index in [1.54, 1.807) is 0 Å². The van der Waals surface area contributed by atoms with Gasteiger partial charge in [0.05, 0.1) is 12.8 Å². The minimum absolute atomic E-state index is 0.166. The molecule has 1 unspecified atom stereocenters. The van der Waals surface area contributed by atoms with Crippen LogP contribution in [0.5, 0.6) is 0 Å². The van der Waals surface area contributed by atoms with Gasteiger partial charge in [0.2, 0.25) is 0 Å². The number of allylic oxidation sites excluding steroid dienone is 8. The van der Waals surface area contributed by atoms with Crippen molar-refractivity contribution in [3.63, 3.8) is 0 Å². The first-order chi connectivity index (χ1) is 23.5. The van der Waals surface area contributed by atoms with Gasteiger partial charge < -0.3 is 14.6 Å². The molecule has 0 aromatic rings. The minimum Gasteiger partial charge on any atom is -0.481 e. The maximum atomic E-state index is 12.4. The summed E-state index contributed by atoms with van der Waals surface area (Å²) in [5.74, 6) is -2.31.